The fourth-order valence-corrected chi connectivity index (χ4v) is 8.28. The molecule has 0 amide bonds. The lowest BCUT2D eigenvalue weighted by Crippen LogP contribution is -2.28. The van der Waals surface area contributed by atoms with Crippen molar-refractivity contribution < 1.29 is 22.7 Å². The molecule has 59 heavy (non-hydrogen) atoms. The third-order valence-corrected chi connectivity index (χ3v) is 11.5. The molecule has 4 aromatic rings. The number of nitrogens with two attached hydrogens (primary N) is 2. The minimum Gasteiger partial charge on any atom is -0.491 e. The van der Waals surface area contributed by atoms with E-state index < -0.39 is 11.7 Å². The summed E-state index contributed by atoms with van der Waals surface area (Å²) in [5.41, 5.74) is 9.89. The van der Waals surface area contributed by atoms with Crippen LogP contribution in [0.1, 0.15) is 80.1 Å². The van der Waals surface area contributed by atoms with Crippen LogP contribution in [0, 0.1) is 6.92 Å². The second kappa shape index (κ2) is 23.7. The molecule has 320 valence electrons. The predicted octanol–water partition coefficient (Wildman–Crippen LogP) is 9.57. The van der Waals surface area contributed by atoms with Gasteiger partial charge in [0.25, 0.3) is 0 Å². The van der Waals surface area contributed by atoms with Gasteiger partial charge in [0.15, 0.2) is 5.78 Å². The van der Waals surface area contributed by atoms with E-state index in [-0.39, 0.29) is 17.9 Å². The standard InChI is InChI=1S/C23H30N2O2S.C20H24F3N5S.C2H6/c1-16(2)27-21-8-6-19(7-9-21)14-25-12-11-20(15-25)24-28-22-10-5-17(3)23(13-22)18(4)26;21-20(22,23)16-2-1-3-19(12-16)29-26-17-8-10-27(14-17)13-15-4-6-18(7-5-15)28(25)11-9-24;1-2/h5-10,13,16,20,24H,11-12,14-15H2,1-4H3;1-7,9,11-12,17,26H,8,10,13-14,24-25H2;1-2H3/b;11-9-;. The van der Waals surface area contributed by atoms with Crippen molar-refractivity contribution >= 4 is 35.4 Å². The molecule has 2 aliphatic rings. The van der Waals surface area contributed by atoms with Gasteiger partial charge in [-0.25, -0.2) is 5.84 Å². The van der Waals surface area contributed by atoms with Gasteiger partial charge in [0.05, 0.1) is 17.4 Å². The van der Waals surface area contributed by atoms with Crippen molar-refractivity contribution in [2.24, 2.45) is 11.6 Å². The number of halogens is 3. The summed E-state index contributed by atoms with van der Waals surface area (Å²) < 4.78 is 51.0. The van der Waals surface area contributed by atoms with Crippen molar-refractivity contribution in [1.29, 1.82) is 0 Å². The Bertz CT molecular complexity index is 1910. The van der Waals surface area contributed by atoms with E-state index >= 15 is 0 Å². The molecule has 0 aliphatic carbocycles. The number of anilines is 1. The lowest BCUT2D eigenvalue weighted by atomic mass is 10.1. The van der Waals surface area contributed by atoms with Crippen LogP contribution >= 0.6 is 23.9 Å². The van der Waals surface area contributed by atoms with E-state index in [0.717, 1.165) is 85.6 Å². The Hall–Kier alpha value is -4.02. The lowest BCUT2D eigenvalue weighted by Gasteiger charge is -2.18. The van der Waals surface area contributed by atoms with Crippen LogP contribution < -0.4 is 30.8 Å². The second-order valence-electron chi connectivity index (χ2n) is 14.7. The fraction of sp³-hybridized carbons (Fsp3) is 0.400. The van der Waals surface area contributed by atoms with Gasteiger partial charge in [-0.1, -0.05) is 50.2 Å². The Morgan fingerprint density at radius 3 is 1.92 bits per heavy atom. The van der Waals surface area contributed by atoms with Crippen LogP contribution in [0.4, 0.5) is 18.9 Å². The smallest absolute Gasteiger partial charge is 0.416 e. The van der Waals surface area contributed by atoms with Crippen LogP contribution in [-0.2, 0) is 19.3 Å². The van der Waals surface area contributed by atoms with Crippen molar-refractivity contribution in [3.63, 3.8) is 0 Å². The number of hydrogen-bond donors (Lipinski definition) is 4. The minimum atomic E-state index is -4.32. The highest BCUT2D eigenvalue weighted by Gasteiger charge is 2.31. The highest BCUT2D eigenvalue weighted by molar-refractivity contribution is 7.97. The lowest BCUT2D eigenvalue weighted by molar-refractivity contribution is -0.137. The molecule has 6 rings (SSSR count). The minimum absolute atomic E-state index is 0.122. The molecule has 2 saturated heterocycles. The number of carbonyl (C=O) groups excluding carboxylic acids is 1. The van der Waals surface area contributed by atoms with Crippen molar-refractivity contribution in [2.75, 3.05) is 31.2 Å². The Morgan fingerprint density at radius 2 is 1.41 bits per heavy atom. The Labute approximate surface area is 357 Å². The number of aryl methyl sites for hydroxylation is 1. The quantitative estimate of drug-likeness (QED) is 0.0397. The van der Waals surface area contributed by atoms with Gasteiger partial charge in [0.2, 0.25) is 0 Å². The van der Waals surface area contributed by atoms with Crippen LogP contribution in [0.3, 0.4) is 0 Å². The average Bonchev–Trinajstić information content (AvgIpc) is 3.87. The van der Waals surface area contributed by atoms with Gasteiger partial charge < -0.3 is 10.5 Å². The van der Waals surface area contributed by atoms with Gasteiger partial charge in [-0.2, -0.15) is 13.2 Å². The molecule has 2 heterocycles. The summed E-state index contributed by atoms with van der Waals surface area (Å²) in [5.74, 6) is 6.89. The highest BCUT2D eigenvalue weighted by atomic mass is 32.2. The van der Waals surface area contributed by atoms with Gasteiger partial charge in [0.1, 0.15) is 5.75 Å². The van der Waals surface area contributed by atoms with Crippen LogP contribution in [0.15, 0.2) is 113 Å². The largest absolute Gasteiger partial charge is 0.491 e. The number of benzene rings is 4. The first-order chi connectivity index (χ1) is 28.2. The third-order valence-electron chi connectivity index (χ3n) is 9.57. The summed E-state index contributed by atoms with van der Waals surface area (Å²) in [4.78, 5) is 18.2. The number of alkyl halides is 3. The van der Waals surface area contributed by atoms with E-state index in [2.05, 4.69) is 49.6 Å². The van der Waals surface area contributed by atoms with Crippen molar-refractivity contribution in [3.05, 3.63) is 131 Å². The normalized spacial score (nSPS) is 17.1. The van der Waals surface area contributed by atoms with Crippen LogP contribution in [0.5, 0.6) is 5.75 Å². The van der Waals surface area contributed by atoms with Gasteiger partial charge in [0, 0.05) is 79.1 Å². The van der Waals surface area contributed by atoms with Crippen LogP contribution in [-0.4, -0.2) is 59.9 Å². The highest BCUT2D eigenvalue weighted by Crippen LogP contribution is 2.32. The number of ketones is 1. The molecule has 0 radical (unpaired) electrons. The number of hydrogen-bond acceptors (Lipinski definition) is 11. The number of ether oxygens (including phenoxy) is 1. The Balaban J connectivity index is 0.000000250. The zero-order chi connectivity index (χ0) is 43.0. The molecule has 0 saturated carbocycles. The molecule has 0 aromatic heterocycles. The maximum atomic E-state index is 12.8. The summed E-state index contributed by atoms with van der Waals surface area (Å²) in [5, 5.41) is 1.45. The molecule has 2 fully saturated rings. The van der Waals surface area contributed by atoms with Crippen LogP contribution in [0.25, 0.3) is 0 Å². The van der Waals surface area contributed by atoms with E-state index in [0.29, 0.717) is 10.9 Å². The molecule has 4 aromatic carbocycles. The summed E-state index contributed by atoms with van der Waals surface area (Å²) >= 11 is 2.88. The van der Waals surface area contributed by atoms with Gasteiger partial charge >= 0.3 is 6.18 Å². The molecule has 9 nitrogen and oxygen atoms in total. The van der Waals surface area contributed by atoms with E-state index in [1.54, 1.807) is 31.1 Å². The third kappa shape index (κ3) is 15.8. The molecule has 2 unspecified atom stereocenters. The van der Waals surface area contributed by atoms with E-state index in [4.69, 9.17) is 16.3 Å². The molecule has 0 bridgehead atoms. The molecule has 2 aliphatic heterocycles. The Kier molecular flexibility index (Phi) is 19.1. The van der Waals surface area contributed by atoms with E-state index in [1.807, 2.05) is 71.0 Å². The summed E-state index contributed by atoms with van der Waals surface area (Å²) in [6.45, 7) is 17.4. The molecule has 0 spiro atoms. The second-order valence-corrected chi connectivity index (χ2v) is 16.5. The average molecular weight is 852 g/mol. The first-order valence-electron chi connectivity index (χ1n) is 20.1. The number of Topliss-reactive ketones (excluding diaryl/α,β-unsaturated/α-hetero) is 1. The van der Waals surface area contributed by atoms with Crippen molar-refractivity contribution in [1.82, 2.24) is 19.2 Å². The number of carbonyl (C=O) groups is 1. The van der Waals surface area contributed by atoms with Gasteiger partial charge in [-0.15, -0.1) is 0 Å². The van der Waals surface area contributed by atoms with Gasteiger partial charge in [-0.05, 0) is 136 Å². The zero-order valence-electron chi connectivity index (χ0n) is 35.0. The molecule has 2 atom stereocenters. The maximum Gasteiger partial charge on any atom is 0.416 e. The molecular weight excluding hydrogens is 792 g/mol. The van der Waals surface area contributed by atoms with Crippen molar-refractivity contribution in [3.8, 4) is 5.75 Å². The first kappa shape index (κ1) is 47.7. The van der Waals surface area contributed by atoms with Crippen molar-refractivity contribution in [2.45, 2.75) is 102 Å². The van der Waals surface area contributed by atoms with Gasteiger partial charge in [-0.3, -0.25) is 29.0 Å². The fourth-order valence-electron chi connectivity index (χ4n) is 6.64. The van der Waals surface area contributed by atoms with Crippen LogP contribution in [0.2, 0.25) is 0 Å². The number of rotatable bonds is 15. The topological polar surface area (TPSA) is 112 Å². The molecule has 6 N–H and O–H groups in total. The Morgan fingerprint density at radius 1 is 0.864 bits per heavy atom. The monoisotopic (exact) mass is 851 g/mol. The first-order valence-corrected chi connectivity index (χ1v) is 21.7. The predicted molar refractivity (Wildman–Crippen MR) is 238 cm³/mol. The zero-order valence-corrected chi connectivity index (χ0v) is 36.6. The molecular formula is C45H60F3N7O2S2. The number of nitrogens with one attached hydrogen (secondary N) is 2. The summed E-state index contributed by atoms with van der Waals surface area (Å²) in [6.07, 6.45) is 0.914. The number of hydrazine groups is 1. The maximum absolute atomic E-state index is 12.8. The SMILES string of the molecule is CC.CC(=O)c1cc(SNC2CCN(Cc3ccc(OC(C)C)cc3)C2)ccc1C.N/C=C\N(N)c1ccc(CN2CCC(NSc3cccc(C(F)(F)F)c3)C2)cc1. The van der Waals surface area contributed by atoms with E-state index in [1.165, 1.54) is 46.4 Å². The summed E-state index contributed by atoms with van der Waals surface area (Å²) in [6, 6.07) is 28.5. The number of likely N-dealkylation sites (tertiary alicyclic amines) is 2. The number of nitrogens with zero attached hydrogens (tertiary/aromatic N) is 3. The molecule has 14 heteroatoms. The van der Waals surface area contributed by atoms with E-state index in [9.17, 15) is 18.0 Å². The summed E-state index contributed by atoms with van der Waals surface area (Å²) in [7, 11) is 0.